The molecule has 1 fully saturated rings. The standard InChI is InChI=1S/C24H39N5O2S/c1-22(2,3)29-19(32-18-10-8-9-17(25)15-18)16-26-20(29)28-13-11-24(7,12-14-28)27-21(30)31-23(4,5)6/h8-10,15-16,20,26H,11-14,25H2,1-7H3,(H,27,30). The van der Waals surface area contributed by atoms with E-state index in [1.807, 2.05) is 39.0 Å². The van der Waals surface area contributed by atoms with Crippen LogP contribution in [-0.2, 0) is 4.74 Å². The van der Waals surface area contributed by atoms with Gasteiger partial charge in [-0.1, -0.05) is 17.8 Å². The number of nitrogens with one attached hydrogen (secondary N) is 2. The fraction of sp³-hybridized carbons (Fsp3) is 0.625. The Bertz CT molecular complexity index is 851. The minimum absolute atomic E-state index is 0.0666. The quantitative estimate of drug-likeness (QED) is 0.568. The van der Waals surface area contributed by atoms with Crippen molar-refractivity contribution in [3.8, 4) is 0 Å². The van der Waals surface area contributed by atoms with Crippen molar-refractivity contribution in [2.45, 2.75) is 89.2 Å². The molecule has 1 amide bonds. The van der Waals surface area contributed by atoms with E-state index in [9.17, 15) is 4.79 Å². The van der Waals surface area contributed by atoms with E-state index in [2.05, 4.69) is 60.4 Å². The highest BCUT2D eigenvalue weighted by molar-refractivity contribution is 8.03. The summed E-state index contributed by atoms with van der Waals surface area (Å²) in [6.07, 6.45) is 3.56. The molecular weight excluding hydrogens is 422 g/mol. The first-order chi connectivity index (χ1) is 14.8. The summed E-state index contributed by atoms with van der Waals surface area (Å²) in [7, 11) is 0. The minimum atomic E-state index is -0.495. The van der Waals surface area contributed by atoms with E-state index < -0.39 is 5.60 Å². The molecule has 0 bridgehead atoms. The van der Waals surface area contributed by atoms with Crippen molar-refractivity contribution in [2.75, 3.05) is 18.8 Å². The molecule has 1 aromatic carbocycles. The third-order valence-electron chi connectivity index (χ3n) is 5.69. The zero-order valence-corrected chi connectivity index (χ0v) is 21.3. The number of hydrogen-bond acceptors (Lipinski definition) is 7. The highest BCUT2D eigenvalue weighted by Crippen LogP contribution is 2.39. The molecule has 32 heavy (non-hydrogen) atoms. The molecule has 178 valence electrons. The van der Waals surface area contributed by atoms with Crippen LogP contribution < -0.4 is 16.4 Å². The summed E-state index contributed by atoms with van der Waals surface area (Å²) >= 11 is 1.73. The predicted octanol–water partition coefficient (Wildman–Crippen LogP) is 4.53. The lowest BCUT2D eigenvalue weighted by Gasteiger charge is -2.48. The predicted molar refractivity (Wildman–Crippen MR) is 132 cm³/mol. The van der Waals surface area contributed by atoms with E-state index in [0.717, 1.165) is 36.5 Å². The molecule has 2 aliphatic rings. The average Bonchev–Trinajstić information content (AvgIpc) is 3.04. The Kier molecular flexibility index (Phi) is 6.96. The van der Waals surface area contributed by atoms with Gasteiger partial charge in [-0.25, -0.2) is 4.79 Å². The number of rotatable bonds is 4. The number of carbonyl (C=O) groups is 1. The molecule has 4 N–H and O–H groups in total. The Morgan fingerprint density at radius 3 is 2.44 bits per heavy atom. The summed E-state index contributed by atoms with van der Waals surface area (Å²) < 4.78 is 5.47. The van der Waals surface area contributed by atoms with Crippen LogP contribution >= 0.6 is 11.8 Å². The Morgan fingerprint density at radius 1 is 1.22 bits per heavy atom. The van der Waals surface area contributed by atoms with Gasteiger partial charge in [0, 0.05) is 41.0 Å². The molecule has 2 aliphatic heterocycles. The van der Waals surface area contributed by atoms with E-state index in [-0.39, 0.29) is 23.5 Å². The molecule has 1 atom stereocenters. The number of nitrogens with zero attached hydrogens (tertiary/aromatic N) is 2. The monoisotopic (exact) mass is 461 g/mol. The van der Waals surface area contributed by atoms with Gasteiger partial charge in [-0.3, -0.25) is 4.90 Å². The highest BCUT2D eigenvalue weighted by Gasteiger charge is 2.41. The summed E-state index contributed by atoms with van der Waals surface area (Å²) in [6.45, 7) is 16.2. The van der Waals surface area contributed by atoms with Crippen LogP contribution in [0.25, 0.3) is 0 Å². The maximum Gasteiger partial charge on any atom is 0.408 e. The summed E-state index contributed by atoms with van der Waals surface area (Å²) in [5.74, 6) is 0. The fourth-order valence-corrected chi connectivity index (χ4v) is 5.27. The number of alkyl carbamates (subject to hydrolysis) is 1. The Morgan fingerprint density at radius 2 is 1.88 bits per heavy atom. The highest BCUT2D eigenvalue weighted by atomic mass is 32.2. The van der Waals surface area contributed by atoms with E-state index in [4.69, 9.17) is 10.5 Å². The van der Waals surface area contributed by atoms with Gasteiger partial charge in [-0.15, -0.1) is 0 Å². The molecular formula is C24H39N5O2S. The van der Waals surface area contributed by atoms with Crippen molar-refractivity contribution in [3.05, 3.63) is 35.5 Å². The van der Waals surface area contributed by atoms with E-state index in [1.54, 1.807) is 11.8 Å². The van der Waals surface area contributed by atoms with Crippen LogP contribution in [0.15, 0.2) is 40.4 Å². The van der Waals surface area contributed by atoms with Gasteiger partial charge in [-0.05, 0) is 79.5 Å². The molecule has 8 heteroatoms. The van der Waals surface area contributed by atoms with Gasteiger partial charge >= 0.3 is 6.09 Å². The SMILES string of the molecule is CC1(NC(=O)OC(C)(C)C)CCN(C2NC=C(Sc3cccc(N)c3)N2C(C)(C)C)CC1. The first kappa shape index (κ1) is 24.6. The van der Waals surface area contributed by atoms with E-state index >= 15 is 0 Å². The van der Waals surface area contributed by atoms with Crippen LogP contribution in [-0.4, -0.2) is 52.0 Å². The van der Waals surface area contributed by atoms with Crippen LogP contribution in [0, 0.1) is 0 Å². The number of thioether (sulfide) groups is 1. The number of likely N-dealkylation sites (tertiary alicyclic amines) is 1. The Balaban J connectivity index is 1.65. The molecule has 1 unspecified atom stereocenters. The van der Waals surface area contributed by atoms with Crippen LogP contribution in [0.2, 0.25) is 0 Å². The van der Waals surface area contributed by atoms with Crippen molar-refractivity contribution < 1.29 is 9.53 Å². The van der Waals surface area contributed by atoms with E-state index in [0.29, 0.717) is 0 Å². The second-order valence-electron chi connectivity index (χ2n) is 11.0. The first-order valence-electron chi connectivity index (χ1n) is 11.3. The maximum atomic E-state index is 12.3. The fourth-order valence-electron chi connectivity index (χ4n) is 4.09. The topological polar surface area (TPSA) is 82.9 Å². The van der Waals surface area contributed by atoms with Gasteiger partial charge in [-0.2, -0.15) is 0 Å². The van der Waals surface area contributed by atoms with Crippen LogP contribution in [0.4, 0.5) is 10.5 Å². The zero-order chi connectivity index (χ0) is 23.7. The number of nitrogen functional groups attached to an aromatic ring is 1. The lowest BCUT2D eigenvalue weighted by Crippen LogP contribution is -2.62. The summed E-state index contributed by atoms with van der Waals surface area (Å²) in [6, 6.07) is 7.99. The van der Waals surface area contributed by atoms with Gasteiger partial charge in [0.2, 0.25) is 0 Å². The van der Waals surface area contributed by atoms with Crippen LogP contribution in [0.3, 0.4) is 0 Å². The number of piperidine rings is 1. The van der Waals surface area contributed by atoms with Crippen LogP contribution in [0.5, 0.6) is 0 Å². The smallest absolute Gasteiger partial charge is 0.408 e. The second-order valence-corrected chi connectivity index (χ2v) is 12.1. The number of nitrogens with two attached hydrogens (primary N) is 1. The molecule has 0 spiro atoms. The van der Waals surface area contributed by atoms with Gasteiger partial charge in [0.25, 0.3) is 0 Å². The largest absolute Gasteiger partial charge is 0.444 e. The van der Waals surface area contributed by atoms with E-state index in [1.165, 1.54) is 5.03 Å². The Hall–Kier alpha value is -2.06. The number of hydrogen-bond donors (Lipinski definition) is 3. The number of carbonyl (C=O) groups excluding carboxylic acids is 1. The van der Waals surface area contributed by atoms with Crippen molar-refractivity contribution in [1.29, 1.82) is 0 Å². The molecule has 1 saturated heterocycles. The van der Waals surface area contributed by atoms with Gasteiger partial charge in [0.05, 0.1) is 5.03 Å². The van der Waals surface area contributed by atoms with Crippen molar-refractivity contribution in [1.82, 2.24) is 20.4 Å². The average molecular weight is 462 g/mol. The summed E-state index contributed by atoms with van der Waals surface area (Å²) in [5.41, 5.74) is 5.92. The molecule has 1 aromatic rings. The van der Waals surface area contributed by atoms with Crippen molar-refractivity contribution >= 4 is 23.5 Å². The van der Waals surface area contributed by atoms with Crippen LogP contribution in [0.1, 0.15) is 61.3 Å². The summed E-state index contributed by atoms with van der Waals surface area (Å²) in [5, 5.41) is 7.87. The van der Waals surface area contributed by atoms with Crippen molar-refractivity contribution in [3.63, 3.8) is 0 Å². The lowest BCUT2D eigenvalue weighted by atomic mass is 9.89. The third-order valence-corrected chi connectivity index (χ3v) is 6.70. The molecule has 2 heterocycles. The maximum absolute atomic E-state index is 12.3. The molecule has 0 radical (unpaired) electrons. The number of anilines is 1. The number of amides is 1. The number of benzene rings is 1. The molecule has 3 rings (SSSR count). The zero-order valence-electron chi connectivity index (χ0n) is 20.5. The third kappa shape index (κ3) is 6.25. The van der Waals surface area contributed by atoms with Gasteiger partial charge in [0.15, 0.2) is 6.29 Å². The molecule has 0 aliphatic carbocycles. The molecule has 0 saturated carbocycles. The molecule has 7 nitrogen and oxygen atoms in total. The second kappa shape index (κ2) is 9.06. The lowest BCUT2D eigenvalue weighted by molar-refractivity contribution is -0.00934. The van der Waals surface area contributed by atoms with Gasteiger partial charge in [0.1, 0.15) is 5.60 Å². The normalized spacial score (nSPS) is 21.7. The molecule has 0 aromatic heterocycles. The first-order valence-corrected chi connectivity index (χ1v) is 12.1. The Labute approximate surface area is 197 Å². The van der Waals surface area contributed by atoms with Gasteiger partial charge < -0.3 is 26.0 Å². The minimum Gasteiger partial charge on any atom is -0.444 e. The van der Waals surface area contributed by atoms with Crippen molar-refractivity contribution in [2.24, 2.45) is 0 Å². The number of ether oxygens (including phenoxy) is 1. The summed E-state index contributed by atoms with van der Waals surface area (Å²) in [4.78, 5) is 18.3.